The van der Waals surface area contributed by atoms with Crippen LogP contribution in [0, 0.1) is 0 Å². The lowest BCUT2D eigenvalue weighted by atomic mass is 9.98. The summed E-state index contributed by atoms with van der Waals surface area (Å²) in [6.45, 7) is 18.0. The van der Waals surface area contributed by atoms with Crippen LogP contribution in [0.2, 0.25) is 0 Å². The summed E-state index contributed by atoms with van der Waals surface area (Å²) < 4.78 is 16.7. The van der Waals surface area contributed by atoms with Crippen LogP contribution in [-0.4, -0.2) is 234 Å². The second-order valence-electron chi connectivity index (χ2n) is 35.3. The van der Waals surface area contributed by atoms with Crippen LogP contribution in [0.4, 0.5) is 4.79 Å². The third kappa shape index (κ3) is 31.5. The monoisotopic (exact) mass is 1830 g/mol. The van der Waals surface area contributed by atoms with Crippen molar-refractivity contribution < 1.29 is 90.9 Å². The Kier molecular flexibility index (Phi) is 39.1. The molecule has 2 heterocycles. The van der Waals surface area contributed by atoms with Gasteiger partial charge >= 0.3 is 18.0 Å². The van der Waals surface area contributed by atoms with Gasteiger partial charge in [0.15, 0.2) is 0 Å². The van der Waals surface area contributed by atoms with Crippen molar-refractivity contribution in [2.75, 3.05) is 45.9 Å². The van der Waals surface area contributed by atoms with Crippen molar-refractivity contribution in [1.82, 2.24) is 63.0 Å². The van der Waals surface area contributed by atoms with Gasteiger partial charge in [-0.05, 0) is 195 Å². The number of benzene rings is 4. The molecule has 10 atom stereocenters. The lowest BCUT2D eigenvalue weighted by molar-refractivity contribution is -0.157. The van der Waals surface area contributed by atoms with E-state index in [0.29, 0.717) is 76.0 Å². The number of amides is 14. The molecule has 37 nitrogen and oxygen atoms in total. The number of nitrogens with one attached hydrogen (secondary N) is 10. The number of primary amides is 2. The molecular weight excluding hydrogens is 1700 g/mol. The number of carbonyl (C=O) groups is 16. The molecule has 0 spiro atoms. The predicted octanol–water partition coefficient (Wildman–Crippen LogP) is 3.92. The van der Waals surface area contributed by atoms with Gasteiger partial charge in [-0.15, -0.1) is 0 Å². The Morgan fingerprint density at radius 1 is 0.447 bits per heavy atom. The van der Waals surface area contributed by atoms with E-state index in [4.69, 9.17) is 37.1 Å². The van der Waals surface area contributed by atoms with Crippen molar-refractivity contribution in [3.63, 3.8) is 0 Å². The number of ether oxygens (including phenoxy) is 3. The lowest BCUT2D eigenvalue weighted by Gasteiger charge is -2.31. The van der Waals surface area contributed by atoms with E-state index in [1.54, 1.807) is 69.2 Å². The summed E-state index contributed by atoms with van der Waals surface area (Å²) in [5, 5.41) is 26.2. The summed E-state index contributed by atoms with van der Waals surface area (Å²) in [6.07, 6.45) is 6.87. The van der Waals surface area contributed by atoms with Crippen molar-refractivity contribution in [3.8, 4) is 11.1 Å². The van der Waals surface area contributed by atoms with Gasteiger partial charge in [0.05, 0.1) is 37.6 Å². The third-order valence-corrected chi connectivity index (χ3v) is 22.6. The van der Waals surface area contributed by atoms with Crippen LogP contribution >= 0.6 is 0 Å². The van der Waals surface area contributed by atoms with Gasteiger partial charge < -0.3 is 100 Å². The molecule has 2 saturated heterocycles. The van der Waals surface area contributed by atoms with Crippen LogP contribution in [0.15, 0.2) is 119 Å². The summed E-state index contributed by atoms with van der Waals surface area (Å²) in [5.41, 5.74) is 29.9. The molecule has 2 aliphatic heterocycles. The van der Waals surface area contributed by atoms with E-state index in [2.05, 4.69) is 63.2 Å². The molecule has 2 fully saturated rings. The number of hydrogen-bond acceptors (Lipinski definition) is 21. The van der Waals surface area contributed by atoms with Crippen molar-refractivity contribution in [3.05, 3.63) is 143 Å². The summed E-state index contributed by atoms with van der Waals surface area (Å²) in [7, 11) is 0. The Bertz CT molecular complexity index is 4940. The number of carbonyl (C=O) groups excluding carboxylic acids is 16. The van der Waals surface area contributed by atoms with E-state index in [1.165, 1.54) is 9.80 Å². The third-order valence-electron chi connectivity index (χ3n) is 22.6. The molecule has 0 aromatic heterocycles. The van der Waals surface area contributed by atoms with Gasteiger partial charge in [0.2, 0.25) is 76.8 Å². The van der Waals surface area contributed by atoms with E-state index in [9.17, 15) is 76.7 Å². The minimum atomic E-state index is -1.60. The molecule has 37 heteroatoms. The zero-order valence-corrected chi connectivity index (χ0v) is 77.3. The largest absolute Gasteiger partial charge is 0.460 e. The SMILES string of the molecule is CCCC(=O)N[C@@H](CCCN=C(C)N)C(=O)NCC(=O)N[C@@H](CC(=O)OC(C)(C)C)C(=O)NC(CC1=CCc2ccccc21)C(=O)N1CCC[C@H]1C(=O)N[C@@H](CC)C(N)=O.CC[C@H](NC(=O)[C@@H]1CCCN1C(=O)[C@@H](CC1=CCc2ccccc21)NC(=O)[C@H](CC(=O)OC(C)(C)C)NC(=O)CNC(=O)[C@H](CCCN=C(C)N)NC(=O)OCC1c2ccccc2-c2ccccc21)C(N)=O. The predicted molar refractivity (Wildman–Crippen MR) is 494 cm³/mol. The highest BCUT2D eigenvalue weighted by Gasteiger charge is 2.44. The number of alkyl carbamates (subject to hydrolysis) is 1. The first-order valence-corrected chi connectivity index (χ1v) is 45.1. The Morgan fingerprint density at radius 2 is 0.826 bits per heavy atom. The van der Waals surface area contributed by atoms with Crippen molar-refractivity contribution >= 4 is 118 Å². The first-order chi connectivity index (χ1) is 62.7. The van der Waals surface area contributed by atoms with Crippen molar-refractivity contribution in [2.45, 2.75) is 269 Å². The van der Waals surface area contributed by atoms with Gasteiger partial charge in [0.1, 0.15) is 78.2 Å². The lowest BCUT2D eigenvalue weighted by Crippen LogP contribution is -2.58. The molecule has 0 saturated carbocycles. The molecule has 4 aromatic rings. The molecular formula is C95H130N18O19. The first kappa shape index (κ1) is 104. The average Bonchev–Trinajstić information content (AvgIpc) is 1.61. The summed E-state index contributed by atoms with van der Waals surface area (Å²) in [4.78, 5) is 226. The van der Waals surface area contributed by atoms with Gasteiger partial charge in [-0.25, -0.2) is 4.79 Å². The molecule has 14 amide bonds. The number of nitrogens with two attached hydrogens (primary N) is 4. The van der Waals surface area contributed by atoms with Crippen LogP contribution in [-0.2, 0) is 99.0 Å². The van der Waals surface area contributed by atoms with E-state index in [-0.39, 0.29) is 83.0 Å². The zero-order valence-electron chi connectivity index (χ0n) is 77.3. The molecule has 714 valence electrons. The smallest absolute Gasteiger partial charge is 0.407 e. The zero-order chi connectivity index (χ0) is 96.7. The normalized spacial score (nSPS) is 16.8. The van der Waals surface area contributed by atoms with Gasteiger partial charge in [-0.3, -0.25) is 81.9 Å². The van der Waals surface area contributed by atoms with Crippen molar-refractivity contribution in [1.29, 1.82) is 0 Å². The Morgan fingerprint density at radius 3 is 1.20 bits per heavy atom. The maximum absolute atomic E-state index is 14.6. The van der Waals surface area contributed by atoms with E-state index in [0.717, 1.165) is 55.7 Å². The Labute approximate surface area is 769 Å². The number of hydrogen-bond donors (Lipinski definition) is 14. The number of amidine groups is 2. The second-order valence-corrected chi connectivity index (χ2v) is 35.3. The Hall–Kier alpha value is -13.4. The highest BCUT2D eigenvalue weighted by Crippen LogP contribution is 2.45. The standard InChI is InChI=1S/C53H67N9O10.C42H63N9O9/c1-6-40(47(55)65)59-50(68)44-22-14-26-62(44)51(69)43(27-33-24-23-32-15-7-8-16-34(32)33)60-49(67)42(28-46(64)72-53(3,4)5)58-45(63)29-57-48(66)41(21-13-25-56-31(2)54)61-52(70)71-30-39-37-19-11-9-17-35(37)36-18-10-12-20-38(36)39;1-7-13-34(52)47-30(16-11-20-45-25(3)43)38(56)46-24-35(53)48-31(23-36(54)60-42(4,5)6)39(57)50-32(22-27-19-18-26-14-9-10-15-28(26)27)41(59)51-21-12-17-33(51)40(58)49-29(8-2)37(44)55/h7-12,15-20,24,39-44H,6,13-14,21-23,25-30H2,1-5H3,(H2,54,56)(H2,55,65)(H,57,66)(H,58,63)(H,59,68)(H,60,67)(H,61,70);9-10,14-15,19,29-33H,7-8,11-13,16-18,20-24H2,1-6H3,(H2,43,45)(H2,44,55)(H,46,56)(H,47,52)(H,48,53)(H,49,58)(H,50,57)/t40-,41-,42-,43+,44-;29-,30-,31-,32?,33-/m00/s1. The fourth-order valence-electron chi connectivity index (χ4n) is 16.3. The van der Waals surface area contributed by atoms with Crippen LogP contribution < -0.4 is 76.1 Å². The molecule has 0 bridgehead atoms. The van der Waals surface area contributed by atoms with E-state index < -0.39 is 186 Å². The summed E-state index contributed by atoms with van der Waals surface area (Å²) in [6, 6.07) is 19.4. The van der Waals surface area contributed by atoms with Crippen LogP contribution in [0.25, 0.3) is 22.3 Å². The quantitative estimate of drug-likeness (QED) is 0.00981. The highest BCUT2D eigenvalue weighted by atomic mass is 16.6. The minimum Gasteiger partial charge on any atom is -0.460 e. The summed E-state index contributed by atoms with van der Waals surface area (Å²) in [5.74, 6) is -10.1. The van der Waals surface area contributed by atoms with Gasteiger partial charge in [0.25, 0.3) is 0 Å². The summed E-state index contributed by atoms with van der Waals surface area (Å²) >= 11 is 0. The van der Waals surface area contributed by atoms with Gasteiger partial charge in [-0.2, -0.15) is 0 Å². The van der Waals surface area contributed by atoms with E-state index >= 15 is 0 Å². The molecule has 18 N–H and O–H groups in total. The number of rotatable bonds is 44. The van der Waals surface area contributed by atoms with Crippen LogP contribution in [0.3, 0.4) is 0 Å². The highest BCUT2D eigenvalue weighted by molar-refractivity contribution is 6.01. The topological polar surface area (TPSA) is 556 Å². The maximum atomic E-state index is 14.6. The molecule has 4 aromatic carbocycles. The molecule has 132 heavy (non-hydrogen) atoms. The Balaban J connectivity index is 0.000000331. The van der Waals surface area contributed by atoms with Crippen LogP contribution in [0.1, 0.15) is 218 Å². The number of nitrogens with zero attached hydrogens (tertiary/aromatic N) is 4. The fourth-order valence-corrected chi connectivity index (χ4v) is 16.3. The van der Waals surface area contributed by atoms with E-state index in [1.807, 2.05) is 116 Å². The molecule has 5 aliphatic rings. The number of likely N-dealkylation sites (tertiary alicyclic amines) is 2. The van der Waals surface area contributed by atoms with Gasteiger partial charge in [0, 0.05) is 51.4 Å². The molecule has 1 unspecified atom stereocenters. The minimum absolute atomic E-state index is 0.00266. The van der Waals surface area contributed by atoms with Gasteiger partial charge in [-0.1, -0.05) is 130 Å². The fraction of sp³-hybridized carbons (Fsp3) is 0.516. The van der Waals surface area contributed by atoms with Crippen molar-refractivity contribution in [2.24, 2.45) is 32.9 Å². The maximum Gasteiger partial charge on any atom is 0.407 e. The number of allylic oxidation sites excluding steroid dienone is 2. The molecule has 9 rings (SSSR count). The molecule has 0 radical (unpaired) electrons. The second kappa shape index (κ2) is 49.6. The first-order valence-electron chi connectivity index (χ1n) is 45.1. The number of esters is 2. The number of aliphatic imine (C=N–C) groups is 2. The van der Waals surface area contributed by atoms with Crippen LogP contribution in [0.5, 0.6) is 0 Å². The number of fused-ring (bicyclic) bond motifs is 5. The average molecular weight is 1830 g/mol. The molecule has 3 aliphatic carbocycles.